The Hall–Kier alpha value is -0.760. The average Bonchev–Trinajstić information content (AvgIpc) is 2.19. The van der Waals surface area contributed by atoms with Crippen molar-refractivity contribution in [1.82, 2.24) is 0 Å². The molecule has 0 saturated heterocycles. The number of thioether (sulfide) groups is 1. The fourth-order valence-electron chi connectivity index (χ4n) is 1.17. The van der Waals surface area contributed by atoms with Crippen LogP contribution in [0.15, 0.2) is 29.2 Å². The van der Waals surface area contributed by atoms with Crippen LogP contribution in [0.3, 0.4) is 0 Å². The molecule has 1 aromatic rings. The van der Waals surface area contributed by atoms with Gasteiger partial charge in [-0.05, 0) is 23.6 Å². The number of hydrogen-bond acceptors (Lipinski definition) is 2. The van der Waals surface area contributed by atoms with Gasteiger partial charge in [0, 0.05) is 17.1 Å². The molecule has 0 aliphatic rings. The monoisotopic (exact) mass is 208 g/mol. The van der Waals surface area contributed by atoms with Crippen molar-refractivity contribution in [3.05, 3.63) is 29.8 Å². The first-order valence-corrected chi connectivity index (χ1v) is 5.89. The molecule has 0 unspecified atom stereocenters. The lowest BCUT2D eigenvalue weighted by molar-refractivity contribution is -0.107. The highest BCUT2D eigenvalue weighted by Crippen LogP contribution is 2.21. The maximum Gasteiger partial charge on any atom is 0.120 e. The standard InChI is InChI=1S/C12H16OS/c1-10(2)11-4-6-12(7-5-11)14-9-3-8-13/h4-8,10H,3,9H2,1-2H3. The fraction of sp³-hybridized carbons (Fsp3) is 0.417. The van der Waals surface area contributed by atoms with E-state index in [2.05, 4.69) is 38.1 Å². The smallest absolute Gasteiger partial charge is 0.120 e. The van der Waals surface area contributed by atoms with Crippen LogP contribution in [0.5, 0.6) is 0 Å². The van der Waals surface area contributed by atoms with Crippen molar-refractivity contribution in [3.63, 3.8) is 0 Å². The zero-order valence-electron chi connectivity index (χ0n) is 8.69. The maximum atomic E-state index is 10.1. The van der Waals surface area contributed by atoms with Gasteiger partial charge in [-0.3, -0.25) is 0 Å². The summed E-state index contributed by atoms with van der Waals surface area (Å²) in [5, 5.41) is 0. The van der Waals surface area contributed by atoms with Gasteiger partial charge in [-0.1, -0.05) is 26.0 Å². The van der Waals surface area contributed by atoms with Crippen molar-refractivity contribution in [1.29, 1.82) is 0 Å². The Balaban J connectivity index is 2.51. The van der Waals surface area contributed by atoms with Crippen LogP contribution in [-0.2, 0) is 4.79 Å². The van der Waals surface area contributed by atoms with Crippen molar-refractivity contribution in [3.8, 4) is 0 Å². The van der Waals surface area contributed by atoms with Crippen LogP contribution < -0.4 is 0 Å². The van der Waals surface area contributed by atoms with Crippen molar-refractivity contribution >= 4 is 18.0 Å². The van der Waals surface area contributed by atoms with Crippen LogP contribution in [0, 0.1) is 0 Å². The molecule has 0 amide bonds. The van der Waals surface area contributed by atoms with Gasteiger partial charge in [-0.25, -0.2) is 0 Å². The molecular weight excluding hydrogens is 192 g/mol. The zero-order valence-corrected chi connectivity index (χ0v) is 9.51. The molecule has 0 radical (unpaired) electrons. The summed E-state index contributed by atoms with van der Waals surface area (Å²) in [7, 11) is 0. The summed E-state index contributed by atoms with van der Waals surface area (Å²) in [6, 6.07) is 8.58. The quantitative estimate of drug-likeness (QED) is 0.418. The van der Waals surface area contributed by atoms with Gasteiger partial charge in [-0.2, -0.15) is 0 Å². The Morgan fingerprint density at radius 3 is 2.43 bits per heavy atom. The van der Waals surface area contributed by atoms with Gasteiger partial charge in [0.1, 0.15) is 6.29 Å². The molecule has 0 bridgehead atoms. The summed E-state index contributed by atoms with van der Waals surface area (Å²) in [6.07, 6.45) is 1.60. The van der Waals surface area contributed by atoms with E-state index < -0.39 is 0 Å². The molecule has 0 N–H and O–H groups in total. The number of carbonyl (C=O) groups is 1. The minimum atomic E-state index is 0.587. The maximum absolute atomic E-state index is 10.1. The molecule has 0 aromatic heterocycles. The van der Waals surface area contributed by atoms with Crippen molar-refractivity contribution in [2.45, 2.75) is 31.1 Å². The normalized spacial score (nSPS) is 10.5. The number of aldehydes is 1. The molecule has 0 fully saturated rings. The number of carbonyl (C=O) groups excluding carboxylic acids is 1. The summed E-state index contributed by atoms with van der Waals surface area (Å²) < 4.78 is 0. The molecule has 0 atom stereocenters. The predicted octanol–water partition coefficient (Wildman–Crippen LogP) is 3.49. The van der Waals surface area contributed by atoms with E-state index in [1.165, 1.54) is 10.5 Å². The molecule has 2 heteroatoms. The van der Waals surface area contributed by atoms with Gasteiger partial charge >= 0.3 is 0 Å². The average molecular weight is 208 g/mol. The molecule has 1 rings (SSSR count). The lowest BCUT2D eigenvalue weighted by Gasteiger charge is -2.05. The molecule has 1 aromatic carbocycles. The Labute approximate surface area is 89.9 Å². The van der Waals surface area contributed by atoms with E-state index in [1.807, 2.05) is 0 Å². The third-order valence-electron chi connectivity index (χ3n) is 2.05. The third kappa shape index (κ3) is 3.54. The van der Waals surface area contributed by atoms with Crippen LogP contribution in [0.25, 0.3) is 0 Å². The van der Waals surface area contributed by atoms with Crippen LogP contribution in [0.1, 0.15) is 31.7 Å². The highest BCUT2D eigenvalue weighted by molar-refractivity contribution is 7.99. The second-order valence-corrected chi connectivity index (χ2v) is 4.70. The van der Waals surface area contributed by atoms with Gasteiger partial charge in [0.15, 0.2) is 0 Å². The molecular formula is C12H16OS. The van der Waals surface area contributed by atoms with Crippen LogP contribution in [-0.4, -0.2) is 12.0 Å². The number of hydrogen-bond donors (Lipinski definition) is 0. The fourth-order valence-corrected chi connectivity index (χ4v) is 1.95. The minimum Gasteiger partial charge on any atom is -0.303 e. The SMILES string of the molecule is CC(C)c1ccc(SCCC=O)cc1. The lowest BCUT2D eigenvalue weighted by atomic mass is 10.0. The van der Waals surface area contributed by atoms with E-state index in [1.54, 1.807) is 11.8 Å². The molecule has 1 nitrogen and oxygen atoms in total. The topological polar surface area (TPSA) is 17.1 Å². The number of rotatable bonds is 5. The first kappa shape index (κ1) is 11.3. The summed E-state index contributed by atoms with van der Waals surface area (Å²) in [5.74, 6) is 1.47. The predicted molar refractivity (Wildman–Crippen MR) is 61.9 cm³/mol. The van der Waals surface area contributed by atoms with Crippen molar-refractivity contribution in [2.24, 2.45) is 0 Å². The van der Waals surface area contributed by atoms with E-state index in [4.69, 9.17) is 0 Å². The summed E-state index contributed by atoms with van der Waals surface area (Å²) >= 11 is 1.73. The molecule has 76 valence electrons. The molecule has 0 aliphatic heterocycles. The molecule has 0 saturated carbocycles. The first-order chi connectivity index (χ1) is 6.74. The van der Waals surface area contributed by atoms with Crippen molar-refractivity contribution < 1.29 is 4.79 Å². The minimum absolute atomic E-state index is 0.587. The number of benzene rings is 1. The highest BCUT2D eigenvalue weighted by Gasteiger charge is 1.98. The van der Waals surface area contributed by atoms with E-state index in [0.717, 1.165) is 12.0 Å². The van der Waals surface area contributed by atoms with Crippen LogP contribution in [0.2, 0.25) is 0 Å². The van der Waals surface area contributed by atoms with Gasteiger partial charge in [0.05, 0.1) is 0 Å². The largest absolute Gasteiger partial charge is 0.303 e. The van der Waals surface area contributed by atoms with Gasteiger partial charge in [-0.15, -0.1) is 11.8 Å². The van der Waals surface area contributed by atoms with Gasteiger partial charge in [0.2, 0.25) is 0 Å². The summed E-state index contributed by atoms with van der Waals surface area (Å²) in [5.41, 5.74) is 1.37. The lowest BCUT2D eigenvalue weighted by Crippen LogP contribution is -1.86. The third-order valence-corrected chi connectivity index (χ3v) is 3.10. The first-order valence-electron chi connectivity index (χ1n) is 4.90. The summed E-state index contributed by atoms with van der Waals surface area (Å²) in [6.45, 7) is 4.38. The Kier molecular flexibility index (Phi) is 4.74. The molecule has 14 heavy (non-hydrogen) atoms. The Morgan fingerprint density at radius 1 is 1.29 bits per heavy atom. The Morgan fingerprint density at radius 2 is 1.93 bits per heavy atom. The molecule has 0 heterocycles. The second kappa shape index (κ2) is 5.86. The highest BCUT2D eigenvalue weighted by atomic mass is 32.2. The van der Waals surface area contributed by atoms with Crippen LogP contribution in [0.4, 0.5) is 0 Å². The van der Waals surface area contributed by atoms with Crippen LogP contribution >= 0.6 is 11.8 Å². The Bertz CT molecular complexity index is 277. The second-order valence-electron chi connectivity index (χ2n) is 3.53. The van der Waals surface area contributed by atoms with E-state index >= 15 is 0 Å². The molecule has 0 spiro atoms. The van der Waals surface area contributed by atoms with Crippen molar-refractivity contribution in [2.75, 3.05) is 5.75 Å². The van der Waals surface area contributed by atoms with E-state index in [0.29, 0.717) is 12.3 Å². The zero-order chi connectivity index (χ0) is 10.4. The van der Waals surface area contributed by atoms with E-state index in [9.17, 15) is 4.79 Å². The van der Waals surface area contributed by atoms with E-state index in [-0.39, 0.29) is 0 Å². The summed E-state index contributed by atoms with van der Waals surface area (Å²) in [4.78, 5) is 11.4. The van der Waals surface area contributed by atoms with Gasteiger partial charge in [0.25, 0.3) is 0 Å². The molecule has 0 aliphatic carbocycles. The van der Waals surface area contributed by atoms with Gasteiger partial charge < -0.3 is 4.79 Å².